The molecule has 1 fully saturated rings. The average Bonchev–Trinajstić information content (AvgIpc) is 2.75. The fourth-order valence-corrected chi connectivity index (χ4v) is 3.03. The van der Waals surface area contributed by atoms with E-state index in [1.165, 1.54) is 11.1 Å². The van der Waals surface area contributed by atoms with Crippen LogP contribution in [0.2, 0.25) is 0 Å². The second-order valence-electron chi connectivity index (χ2n) is 4.92. The number of aliphatic imine (C=N–C) groups is 1. The number of rotatable bonds is 3. The predicted molar refractivity (Wildman–Crippen MR) is 76.5 cm³/mol. The second kappa shape index (κ2) is 5.58. The highest BCUT2D eigenvalue weighted by molar-refractivity contribution is 8.14. The van der Waals surface area contributed by atoms with Crippen molar-refractivity contribution in [2.24, 2.45) is 10.9 Å². The van der Waals surface area contributed by atoms with Crippen molar-refractivity contribution in [3.05, 3.63) is 35.4 Å². The van der Waals surface area contributed by atoms with Crippen LogP contribution in [0.3, 0.4) is 0 Å². The Morgan fingerprint density at radius 3 is 2.94 bits per heavy atom. The van der Waals surface area contributed by atoms with Crippen LogP contribution in [-0.4, -0.2) is 17.0 Å². The Hall–Kier alpha value is -0.960. The zero-order valence-corrected chi connectivity index (χ0v) is 11.6. The zero-order chi connectivity index (χ0) is 12.3. The zero-order valence-electron chi connectivity index (χ0n) is 10.7. The van der Waals surface area contributed by atoms with Gasteiger partial charge in [0.1, 0.15) is 0 Å². The van der Waals surface area contributed by atoms with E-state index in [1.54, 1.807) is 0 Å². The summed E-state index contributed by atoms with van der Waals surface area (Å²) in [4.78, 5) is 4.64. The maximum atomic E-state index is 4.64. The Bertz CT molecular complexity index is 412. The third kappa shape index (κ3) is 3.50. The van der Waals surface area contributed by atoms with Crippen molar-refractivity contribution < 1.29 is 0 Å². The van der Waals surface area contributed by atoms with Crippen LogP contribution < -0.4 is 5.32 Å². The van der Waals surface area contributed by atoms with E-state index < -0.39 is 0 Å². The first kappa shape index (κ1) is 12.5. The summed E-state index contributed by atoms with van der Waals surface area (Å²) in [7, 11) is 0. The van der Waals surface area contributed by atoms with Gasteiger partial charge in [-0.1, -0.05) is 55.4 Å². The van der Waals surface area contributed by atoms with Gasteiger partial charge in [0, 0.05) is 11.8 Å². The van der Waals surface area contributed by atoms with E-state index >= 15 is 0 Å². The highest BCUT2D eigenvalue weighted by Crippen LogP contribution is 2.19. The number of nitrogens with zero attached hydrogens (tertiary/aromatic N) is 1. The molecule has 1 saturated heterocycles. The van der Waals surface area contributed by atoms with Crippen LogP contribution in [0.15, 0.2) is 29.3 Å². The van der Waals surface area contributed by atoms with E-state index in [2.05, 4.69) is 55.3 Å². The first-order chi connectivity index (χ1) is 8.15. The molecule has 1 aromatic carbocycles. The Morgan fingerprint density at radius 1 is 1.47 bits per heavy atom. The Balaban J connectivity index is 1.94. The van der Waals surface area contributed by atoms with Gasteiger partial charge in [-0.3, -0.25) is 4.99 Å². The molecule has 92 valence electrons. The number of aryl methyl sites for hydroxylation is 1. The van der Waals surface area contributed by atoms with Gasteiger partial charge in [0.2, 0.25) is 0 Å². The predicted octanol–water partition coefficient (Wildman–Crippen LogP) is 3.21. The fourth-order valence-electron chi connectivity index (χ4n) is 1.83. The molecular formula is C14H20N2S. The quantitative estimate of drug-likeness (QED) is 0.888. The summed E-state index contributed by atoms with van der Waals surface area (Å²) in [6.07, 6.45) is 0. The van der Waals surface area contributed by atoms with Crippen molar-refractivity contribution >= 4 is 16.9 Å². The minimum atomic E-state index is 0.580. The SMILES string of the molecule is Cc1cccc(CN=C2N[C@@H](C(C)C)CS2)c1. The highest BCUT2D eigenvalue weighted by Gasteiger charge is 2.22. The van der Waals surface area contributed by atoms with Crippen molar-refractivity contribution in [1.82, 2.24) is 5.32 Å². The van der Waals surface area contributed by atoms with E-state index in [9.17, 15) is 0 Å². The molecule has 2 rings (SSSR count). The third-order valence-corrected chi connectivity index (χ3v) is 4.05. The minimum Gasteiger partial charge on any atom is -0.361 e. The lowest BCUT2D eigenvalue weighted by atomic mass is 10.1. The molecule has 0 bridgehead atoms. The van der Waals surface area contributed by atoms with Gasteiger partial charge in [-0.25, -0.2) is 0 Å². The Morgan fingerprint density at radius 2 is 2.29 bits per heavy atom. The molecule has 1 aliphatic rings. The number of amidine groups is 1. The van der Waals surface area contributed by atoms with Crippen LogP contribution in [0, 0.1) is 12.8 Å². The number of thioether (sulfide) groups is 1. The number of hydrogen-bond acceptors (Lipinski definition) is 2. The number of hydrogen-bond donors (Lipinski definition) is 1. The molecule has 2 nitrogen and oxygen atoms in total. The molecule has 1 aromatic rings. The smallest absolute Gasteiger partial charge is 0.157 e. The minimum absolute atomic E-state index is 0.580. The molecule has 0 spiro atoms. The molecule has 3 heteroatoms. The summed E-state index contributed by atoms with van der Waals surface area (Å²) in [6, 6.07) is 9.13. The summed E-state index contributed by atoms with van der Waals surface area (Å²) in [5, 5.41) is 4.59. The molecule has 1 N–H and O–H groups in total. The van der Waals surface area contributed by atoms with Gasteiger partial charge in [0.05, 0.1) is 6.54 Å². The fraction of sp³-hybridized carbons (Fsp3) is 0.500. The maximum absolute atomic E-state index is 4.64. The molecule has 1 aliphatic heterocycles. The Kier molecular flexibility index (Phi) is 4.11. The Labute approximate surface area is 108 Å². The first-order valence-corrected chi connectivity index (χ1v) is 7.13. The van der Waals surface area contributed by atoms with Crippen LogP contribution in [0.5, 0.6) is 0 Å². The average molecular weight is 248 g/mol. The summed E-state index contributed by atoms with van der Waals surface area (Å²) in [5.41, 5.74) is 2.59. The van der Waals surface area contributed by atoms with Crippen molar-refractivity contribution in [3.63, 3.8) is 0 Å². The lowest BCUT2D eigenvalue weighted by Gasteiger charge is -2.13. The summed E-state index contributed by atoms with van der Waals surface area (Å²) in [5.74, 6) is 1.82. The van der Waals surface area contributed by atoms with Crippen LogP contribution in [-0.2, 0) is 6.54 Å². The number of nitrogens with one attached hydrogen (secondary N) is 1. The molecule has 17 heavy (non-hydrogen) atoms. The monoisotopic (exact) mass is 248 g/mol. The van der Waals surface area contributed by atoms with E-state index in [-0.39, 0.29) is 0 Å². The van der Waals surface area contributed by atoms with Gasteiger partial charge >= 0.3 is 0 Å². The van der Waals surface area contributed by atoms with Gasteiger partial charge in [-0.05, 0) is 18.4 Å². The maximum Gasteiger partial charge on any atom is 0.157 e. The number of benzene rings is 1. The molecule has 0 saturated carbocycles. The molecule has 0 amide bonds. The van der Waals surface area contributed by atoms with Crippen LogP contribution in [0.25, 0.3) is 0 Å². The van der Waals surface area contributed by atoms with Gasteiger partial charge in [0.25, 0.3) is 0 Å². The van der Waals surface area contributed by atoms with Gasteiger partial charge in [-0.2, -0.15) is 0 Å². The molecule has 0 radical (unpaired) electrons. The summed E-state index contributed by atoms with van der Waals surface area (Å²) >= 11 is 1.84. The van der Waals surface area contributed by atoms with E-state index in [0.29, 0.717) is 12.0 Å². The summed E-state index contributed by atoms with van der Waals surface area (Å²) < 4.78 is 0. The van der Waals surface area contributed by atoms with Gasteiger partial charge in [0.15, 0.2) is 5.17 Å². The molecule has 1 heterocycles. The topological polar surface area (TPSA) is 24.4 Å². The normalized spacial score (nSPS) is 22.1. The third-order valence-electron chi connectivity index (χ3n) is 3.00. The van der Waals surface area contributed by atoms with Crippen molar-refractivity contribution in [2.45, 2.75) is 33.4 Å². The molecular weight excluding hydrogens is 228 g/mol. The molecule has 1 atom stereocenters. The second-order valence-corrected chi connectivity index (χ2v) is 5.92. The first-order valence-electron chi connectivity index (χ1n) is 6.14. The highest BCUT2D eigenvalue weighted by atomic mass is 32.2. The largest absolute Gasteiger partial charge is 0.361 e. The molecule has 0 aliphatic carbocycles. The van der Waals surface area contributed by atoms with E-state index in [1.807, 2.05) is 11.8 Å². The van der Waals surface area contributed by atoms with Crippen molar-refractivity contribution in [3.8, 4) is 0 Å². The van der Waals surface area contributed by atoms with Crippen LogP contribution >= 0.6 is 11.8 Å². The van der Waals surface area contributed by atoms with Crippen LogP contribution in [0.4, 0.5) is 0 Å². The van der Waals surface area contributed by atoms with Crippen molar-refractivity contribution in [2.75, 3.05) is 5.75 Å². The van der Waals surface area contributed by atoms with Gasteiger partial charge < -0.3 is 5.32 Å². The van der Waals surface area contributed by atoms with E-state index in [4.69, 9.17) is 0 Å². The standard InChI is InChI=1S/C14H20N2S/c1-10(2)13-9-17-14(16-13)15-8-12-6-4-5-11(3)7-12/h4-7,10,13H,8-9H2,1-3H3,(H,15,16)/t13-/m1/s1. The molecule has 0 unspecified atom stereocenters. The van der Waals surface area contributed by atoms with E-state index in [0.717, 1.165) is 17.5 Å². The lowest BCUT2D eigenvalue weighted by molar-refractivity contribution is 0.503. The van der Waals surface area contributed by atoms with Crippen molar-refractivity contribution in [1.29, 1.82) is 0 Å². The molecule has 0 aromatic heterocycles. The van der Waals surface area contributed by atoms with Crippen LogP contribution in [0.1, 0.15) is 25.0 Å². The van der Waals surface area contributed by atoms with Gasteiger partial charge in [-0.15, -0.1) is 0 Å². The summed E-state index contributed by atoms with van der Waals surface area (Å²) in [6.45, 7) is 7.40. The lowest BCUT2D eigenvalue weighted by Crippen LogP contribution is -2.31.